The van der Waals surface area contributed by atoms with E-state index < -0.39 is 16.6 Å². The van der Waals surface area contributed by atoms with Crippen LogP contribution in [0.1, 0.15) is 32.3 Å². The number of hydrogen-bond donors (Lipinski definition) is 0. The van der Waals surface area contributed by atoms with E-state index in [4.69, 9.17) is 11.6 Å². The molecule has 2 rings (SSSR count). The monoisotopic (exact) mass is 279 g/mol. The van der Waals surface area contributed by atoms with Gasteiger partial charge < -0.3 is 0 Å². The molecule has 1 unspecified atom stereocenters. The number of ketones is 1. The fraction of sp³-hybridized carbons (Fsp3) is 0.467. The molecule has 0 N–H and O–H groups in total. The Morgan fingerprint density at radius 1 is 1.42 bits per heavy atom. The molecule has 0 saturated heterocycles. The van der Waals surface area contributed by atoms with E-state index in [1.807, 2.05) is 13.8 Å². The molecule has 1 fully saturated rings. The minimum absolute atomic E-state index is 0.0436. The third kappa shape index (κ3) is 2.37. The first-order valence-electron chi connectivity index (χ1n) is 6.21. The second-order valence-corrected chi connectivity index (χ2v) is 6.24. The molecule has 0 amide bonds. The van der Waals surface area contributed by atoms with E-state index in [1.165, 1.54) is 12.1 Å². The summed E-state index contributed by atoms with van der Waals surface area (Å²) in [4.78, 5) is 12.4. The Hall–Kier alpha value is -1.40. The van der Waals surface area contributed by atoms with Gasteiger partial charge in [-0.25, -0.2) is 4.39 Å². The summed E-state index contributed by atoms with van der Waals surface area (Å²) in [7, 11) is 0. The van der Waals surface area contributed by atoms with Crippen molar-refractivity contribution in [3.8, 4) is 6.07 Å². The van der Waals surface area contributed by atoms with Crippen LogP contribution in [0.4, 0.5) is 4.39 Å². The van der Waals surface area contributed by atoms with E-state index in [2.05, 4.69) is 6.07 Å². The van der Waals surface area contributed by atoms with Gasteiger partial charge in [0.25, 0.3) is 0 Å². The smallest absolute Gasteiger partial charge is 0.158 e. The molecule has 1 aliphatic carbocycles. The van der Waals surface area contributed by atoms with Gasteiger partial charge in [0.1, 0.15) is 11.2 Å². The van der Waals surface area contributed by atoms with Gasteiger partial charge >= 0.3 is 0 Å². The minimum atomic E-state index is -1.02. The lowest BCUT2D eigenvalue weighted by Gasteiger charge is -2.22. The van der Waals surface area contributed by atoms with Gasteiger partial charge in [0.15, 0.2) is 5.78 Å². The van der Waals surface area contributed by atoms with Crippen molar-refractivity contribution in [1.29, 1.82) is 5.26 Å². The van der Waals surface area contributed by atoms with Crippen LogP contribution >= 0.6 is 11.6 Å². The summed E-state index contributed by atoms with van der Waals surface area (Å²) >= 11 is 5.63. The van der Waals surface area contributed by atoms with Crippen molar-refractivity contribution in [3.63, 3.8) is 0 Å². The first kappa shape index (κ1) is 14.0. The molecule has 2 nitrogen and oxygen atoms in total. The van der Waals surface area contributed by atoms with Gasteiger partial charge in [-0.1, -0.05) is 31.5 Å². The van der Waals surface area contributed by atoms with Gasteiger partial charge in [0.2, 0.25) is 0 Å². The number of rotatable bonds is 2. The highest BCUT2D eigenvalue weighted by Crippen LogP contribution is 2.47. The summed E-state index contributed by atoms with van der Waals surface area (Å²) in [6.45, 7) is 3.72. The van der Waals surface area contributed by atoms with Crippen molar-refractivity contribution in [2.75, 3.05) is 0 Å². The molecule has 0 radical (unpaired) electrons. The Kier molecular flexibility index (Phi) is 3.40. The summed E-state index contributed by atoms with van der Waals surface area (Å²) < 4.78 is 13.4. The maximum absolute atomic E-state index is 13.4. The second-order valence-electron chi connectivity index (χ2n) is 5.83. The first-order chi connectivity index (χ1) is 8.81. The van der Waals surface area contributed by atoms with E-state index in [0.717, 1.165) is 0 Å². The fourth-order valence-corrected chi connectivity index (χ4v) is 2.83. The van der Waals surface area contributed by atoms with E-state index in [-0.39, 0.29) is 17.2 Å². The van der Waals surface area contributed by atoms with Crippen LogP contribution in [0.3, 0.4) is 0 Å². The van der Waals surface area contributed by atoms with Crippen LogP contribution < -0.4 is 0 Å². The number of Topliss-reactive ketones (excluding diaryl/α,β-unsaturated/α-hetero) is 1. The van der Waals surface area contributed by atoms with Crippen LogP contribution in [0, 0.1) is 28.0 Å². The molecule has 0 heterocycles. The van der Waals surface area contributed by atoms with Crippen LogP contribution in [0.25, 0.3) is 0 Å². The molecule has 1 atom stereocenters. The fourth-order valence-electron chi connectivity index (χ4n) is 2.71. The number of benzene rings is 1. The summed E-state index contributed by atoms with van der Waals surface area (Å²) in [5.41, 5.74) is -0.862. The average Bonchev–Trinajstić information content (AvgIpc) is 2.59. The predicted molar refractivity (Wildman–Crippen MR) is 71.2 cm³/mol. The summed E-state index contributed by atoms with van der Waals surface area (Å²) in [5.74, 6) is -0.560. The number of nitriles is 1. The van der Waals surface area contributed by atoms with Gasteiger partial charge in [-0.05, 0) is 37.0 Å². The second kappa shape index (κ2) is 4.61. The van der Waals surface area contributed by atoms with Crippen LogP contribution in [0.2, 0.25) is 5.02 Å². The molecule has 0 aliphatic heterocycles. The lowest BCUT2D eigenvalue weighted by Crippen LogP contribution is -2.33. The number of nitrogens with zero attached hydrogens (tertiary/aromatic N) is 1. The molecule has 0 aromatic heterocycles. The van der Waals surface area contributed by atoms with Gasteiger partial charge in [0, 0.05) is 5.41 Å². The van der Waals surface area contributed by atoms with E-state index >= 15 is 0 Å². The van der Waals surface area contributed by atoms with Gasteiger partial charge in [0.05, 0.1) is 11.1 Å². The van der Waals surface area contributed by atoms with Gasteiger partial charge in [-0.2, -0.15) is 5.26 Å². The third-order valence-corrected chi connectivity index (χ3v) is 4.24. The van der Waals surface area contributed by atoms with Crippen LogP contribution in [-0.4, -0.2) is 5.78 Å². The van der Waals surface area contributed by atoms with E-state index in [0.29, 0.717) is 18.4 Å². The molecule has 1 aromatic rings. The molecule has 4 heteroatoms. The van der Waals surface area contributed by atoms with E-state index in [1.54, 1.807) is 6.07 Å². The summed E-state index contributed by atoms with van der Waals surface area (Å²) in [5, 5.41) is 9.46. The molecule has 0 spiro atoms. The largest absolute Gasteiger partial charge is 0.297 e. The zero-order valence-electron chi connectivity index (χ0n) is 11.0. The van der Waals surface area contributed by atoms with Crippen molar-refractivity contribution in [2.45, 2.75) is 33.1 Å². The maximum atomic E-state index is 13.4. The Morgan fingerprint density at radius 2 is 2.11 bits per heavy atom. The number of halogens is 2. The van der Waals surface area contributed by atoms with Crippen LogP contribution in [0.15, 0.2) is 18.2 Å². The minimum Gasteiger partial charge on any atom is -0.297 e. The maximum Gasteiger partial charge on any atom is 0.158 e. The molecule has 1 saturated carbocycles. The van der Waals surface area contributed by atoms with Crippen molar-refractivity contribution in [1.82, 2.24) is 0 Å². The van der Waals surface area contributed by atoms with Crippen molar-refractivity contribution >= 4 is 17.4 Å². The topological polar surface area (TPSA) is 40.9 Å². The van der Waals surface area contributed by atoms with Crippen LogP contribution in [-0.2, 0) is 11.2 Å². The Bertz CT molecular complexity index is 576. The molecular weight excluding hydrogens is 265 g/mol. The van der Waals surface area contributed by atoms with E-state index in [9.17, 15) is 14.4 Å². The number of carbonyl (C=O) groups is 1. The zero-order valence-corrected chi connectivity index (χ0v) is 11.7. The lowest BCUT2D eigenvalue weighted by atomic mass is 9.77. The Labute approximate surface area is 117 Å². The average molecular weight is 280 g/mol. The van der Waals surface area contributed by atoms with Crippen molar-refractivity contribution in [2.24, 2.45) is 10.8 Å². The summed E-state index contributed by atoms with van der Waals surface area (Å²) in [6.07, 6.45) is 1.47. The number of carbonyl (C=O) groups excluding carboxylic acids is 1. The SMILES string of the molecule is CC1(C)CCC(C#N)(Cc2ccc(Cl)c(F)c2)C1=O. The molecule has 0 bridgehead atoms. The molecule has 1 aromatic carbocycles. The van der Waals surface area contributed by atoms with Crippen molar-refractivity contribution < 1.29 is 9.18 Å². The van der Waals surface area contributed by atoms with Crippen LogP contribution in [0.5, 0.6) is 0 Å². The number of hydrogen-bond acceptors (Lipinski definition) is 2. The third-order valence-electron chi connectivity index (χ3n) is 3.93. The molecule has 1 aliphatic rings. The Balaban J connectivity index is 2.33. The lowest BCUT2D eigenvalue weighted by molar-refractivity contribution is -0.130. The normalized spacial score (nSPS) is 25.3. The highest BCUT2D eigenvalue weighted by molar-refractivity contribution is 6.30. The van der Waals surface area contributed by atoms with Gasteiger partial charge in [-0.15, -0.1) is 0 Å². The van der Waals surface area contributed by atoms with Gasteiger partial charge in [-0.3, -0.25) is 4.79 Å². The molecule has 19 heavy (non-hydrogen) atoms. The molecular formula is C15H15ClFNO. The predicted octanol–water partition coefficient (Wildman–Crippen LogP) is 3.92. The standard InChI is InChI=1S/C15H15ClFNO/c1-14(2)5-6-15(9-18,13(14)19)8-10-3-4-11(16)12(17)7-10/h3-4,7H,5-6,8H2,1-2H3. The van der Waals surface area contributed by atoms with Crippen molar-refractivity contribution in [3.05, 3.63) is 34.6 Å². The Morgan fingerprint density at radius 3 is 2.58 bits per heavy atom. The zero-order chi connectivity index (χ0) is 14.3. The first-order valence-corrected chi connectivity index (χ1v) is 6.59. The quantitative estimate of drug-likeness (QED) is 0.823. The molecule has 100 valence electrons. The summed E-state index contributed by atoms with van der Waals surface area (Å²) in [6, 6.07) is 6.60. The highest BCUT2D eigenvalue weighted by Gasteiger charge is 2.52. The highest BCUT2D eigenvalue weighted by atomic mass is 35.5.